The molecule has 4 nitrogen and oxygen atoms in total. The average molecular weight is 297 g/mol. The van der Waals surface area contributed by atoms with Crippen molar-refractivity contribution < 1.29 is 12.9 Å². The van der Waals surface area contributed by atoms with E-state index in [1.165, 1.54) is 11.1 Å². The van der Waals surface area contributed by atoms with Gasteiger partial charge in [-0.1, -0.05) is 29.8 Å². The molecule has 0 amide bonds. The summed E-state index contributed by atoms with van der Waals surface area (Å²) in [6, 6.07) is 8.63. The fraction of sp³-hybridized carbons (Fsp3) is 0.600. The van der Waals surface area contributed by atoms with Crippen LogP contribution in [0.3, 0.4) is 0 Å². The van der Waals surface area contributed by atoms with E-state index in [2.05, 4.69) is 38.2 Å². The number of piperazine rings is 1. The summed E-state index contributed by atoms with van der Waals surface area (Å²) in [6.45, 7) is 7.82. The van der Waals surface area contributed by atoms with Gasteiger partial charge in [0.2, 0.25) is 10.0 Å². The number of nitrogens with zero attached hydrogens (tertiary/aromatic N) is 2. The van der Waals surface area contributed by atoms with Crippen LogP contribution in [0, 0.1) is 6.92 Å². The molecule has 112 valence electrons. The SMILES string of the molecule is CCS(=O)(=O)N1CC[N+](C)(Cc2ccc(C)cc2)CC1. The second-order valence-corrected chi connectivity index (χ2v) is 8.27. The van der Waals surface area contributed by atoms with Gasteiger partial charge in [-0.3, -0.25) is 0 Å². The Morgan fingerprint density at radius 3 is 2.20 bits per heavy atom. The first kappa shape index (κ1) is 15.5. The van der Waals surface area contributed by atoms with Gasteiger partial charge >= 0.3 is 0 Å². The maximum atomic E-state index is 11.9. The van der Waals surface area contributed by atoms with Gasteiger partial charge in [0, 0.05) is 5.56 Å². The van der Waals surface area contributed by atoms with Gasteiger partial charge in [-0.05, 0) is 13.8 Å². The van der Waals surface area contributed by atoms with Crippen LogP contribution >= 0.6 is 0 Å². The summed E-state index contributed by atoms with van der Waals surface area (Å²) in [5.74, 6) is 0.203. The molecule has 0 N–H and O–H groups in total. The molecule has 1 heterocycles. The monoisotopic (exact) mass is 297 g/mol. The van der Waals surface area contributed by atoms with Gasteiger partial charge in [0.25, 0.3) is 0 Å². The van der Waals surface area contributed by atoms with Gasteiger partial charge in [-0.15, -0.1) is 0 Å². The average Bonchev–Trinajstić information content (AvgIpc) is 2.42. The first-order valence-corrected chi connectivity index (χ1v) is 8.82. The number of hydrogen-bond donors (Lipinski definition) is 0. The molecule has 5 heteroatoms. The van der Waals surface area contributed by atoms with Crippen molar-refractivity contribution in [1.29, 1.82) is 0 Å². The van der Waals surface area contributed by atoms with E-state index in [9.17, 15) is 8.42 Å². The summed E-state index contributed by atoms with van der Waals surface area (Å²) in [7, 11) is -0.809. The maximum Gasteiger partial charge on any atom is 0.214 e. The highest BCUT2D eigenvalue weighted by Gasteiger charge is 2.33. The van der Waals surface area contributed by atoms with Crippen molar-refractivity contribution in [3.63, 3.8) is 0 Å². The molecular weight excluding hydrogens is 272 g/mol. The van der Waals surface area contributed by atoms with Crippen molar-refractivity contribution in [2.24, 2.45) is 0 Å². The van der Waals surface area contributed by atoms with Crippen LogP contribution in [-0.4, -0.2) is 56.2 Å². The van der Waals surface area contributed by atoms with E-state index in [1.807, 2.05) is 0 Å². The van der Waals surface area contributed by atoms with Crippen molar-refractivity contribution in [1.82, 2.24) is 4.31 Å². The zero-order chi connectivity index (χ0) is 14.8. The number of aryl methyl sites for hydroxylation is 1. The molecule has 0 aromatic heterocycles. The summed E-state index contributed by atoms with van der Waals surface area (Å²) in [4.78, 5) is 0. The van der Waals surface area contributed by atoms with Crippen LogP contribution in [0.5, 0.6) is 0 Å². The van der Waals surface area contributed by atoms with Crippen molar-refractivity contribution in [3.05, 3.63) is 35.4 Å². The van der Waals surface area contributed by atoms with Gasteiger partial charge in [0.05, 0.1) is 39.0 Å². The lowest BCUT2D eigenvalue weighted by Gasteiger charge is -2.41. The third-order valence-corrected chi connectivity index (χ3v) is 6.10. The van der Waals surface area contributed by atoms with Crippen LogP contribution in [0.1, 0.15) is 18.1 Å². The molecule has 0 atom stereocenters. The standard InChI is InChI=1S/C15H25N2O2S/c1-4-20(18,19)16-9-11-17(3,12-10-16)13-15-7-5-14(2)6-8-15/h5-8H,4,9-13H2,1-3H3/q+1. The van der Waals surface area contributed by atoms with E-state index in [0.29, 0.717) is 13.1 Å². The molecule has 0 saturated carbocycles. The van der Waals surface area contributed by atoms with E-state index in [4.69, 9.17) is 0 Å². The largest absolute Gasteiger partial charge is 0.320 e. The Labute approximate surface area is 122 Å². The number of rotatable bonds is 4. The van der Waals surface area contributed by atoms with Crippen molar-refractivity contribution >= 4 is 10.0 Å². The Hall–Kier alpha value is -0.910. The highest BCUT2D eigenvalue weighted by atomic mass is 32.2. The van der Waals surface area contributed by atoms with E-state index in [0.717, 1.165) is 24.1 Å². The normalized spacial score (nSPS) is 19.9. The molecule has 0 spiro atoms. The number of quaternary nitrogens is 1. The van der Waals surface area contributed by atoms with Crippen molar-refractivity contribution in [2.45, 2.75) is 20.4 Å². The topological polar surface area (TPSA) is 37.4 Å². The van der Waals surface area contributed by atoms with E-state index in [-0.39, 0.29) is 5.75 Å². The number of sulfonamides is 1. The summed E-state index contributed by atoms with van der Waals surface area (Å²) in [5, 5.41) is 0. The van der Waals surface area contributed by atoms with Gasteiger partial charge < -0.3 is 4.48 Å². The quantitative estimate of drug-likeness (QED) is 0.792. The van der Waals surface area contributed by atoms with Gasteiger partial charge in [0.15, 0.2) is 0 Å². The molecular formula is C15H25N2O2S+. The molecule has 1 aliphatic heterocycles. The first-order valence-electron chi connectivity index (χ1n) is 7.21. The fourth-order valence-electron chi connectivity index (χ4n) is 2.68. The van der Waals surface area contributed by atoms with Gasteiger partial charge in [0.1, 0.15) is 6.54 Å². The fourth-order valence-corrected chi connectivity index (χ4v) is 3.77. The first-order chi connectivity index (χ1) is 9.35. The lowest BCUT2D eigenvalue weighted by atomic mass is 10.1. The van der Waals surface area contributed by atoms with Crippen LogP contribution in [0.4, 0.5) is 0 Å². The molecule has 1 fully saturated rings. The van der Waals surface area contributed by atoms with Gasteiger partial charge in [-0.2, -0.15) is 4.31 Å². The summed E-state index contributed by atoms with van der Waals surface area (Å²) >= 11 is 0. The van der Waals surface area contributed by atoms with Gasteiger partial charge in [-0.25, -0.2) is 8.42 Å². The minimum absolute atomic E-state index is 0.203. The Morgan fingerprint density at radius 1 is 1.15 bits per heavy atom. The minimum Gasteiger partial charge on any atom is -0.320 e. The summed E-state index contributed by atoms with van der Waals surface area (Å²) in [5.41, 5.74) is 2.60. The third-order valence-electron chi connectivity index (χ3n) is 4.22. The molecule has 0 aliphatic carbocycles. The van der Waals surface area contributed by atoms with Crippen LogP contribution in [0.15, 0.2) is 24.3 Å². The highest BCUT2D eigenvalue weighted by molar-refractivity contribution is 7.89. The van der Waals surface area contributed by atoms with Crippen LogP contribution < -0.4 is 0 Å². The lowest BCUT2D eigenvalue weighted by Crippen LogP contribution is -2.57. The Balaban J connectivity index is 1.99. The molecule has 1 saturated heterocycles. The predicted molar refractivity (Wildman–Crippen MR) is 81.8 cm³/mol. The van der Waals surface area contributed by atoms with Crippen LogP contribution in [0.2, 0.25) is 0 Å². The number of likely N-dealkylation sites (N-methyl/N-ethyl adjacent to an activating group) is 1. The molecule has 1 aliphatic rings. The molecule has 1 aromatic carbocycles. The summed E-state index contributed by atoms with van der Waals surface area (Å²) < 4.78 is 26.3. The zero-order valence-electron chi connectivity index (χ0n) is 12.7. The lowest BCUT2D eigenvalue weighted by molar-refractivity contribution is -0.925. The van der Waals surface area contributed by atoms with Crippen LogP contribution in [-0.2, 0) is 16.6 Å². The van der Waals surface area contributed by atoms with E-state index >= 15 is 0 Å². The molecule has 0 unspecified atom stereocenters. The predicted octanol–water partition coefficient (Wildman–Crippen LogP) is 1.61. The second-order valence-electron chi connectivity index (χ2n) is 6.01. The third kappa shape index (κ3) is 3.59. The Bertz CT molecular complexity index is 544. The Morgan fingerprint density at radius 2 is 1.70 bits per heavy atom. The van der Waals surface area contributed by atoms with E-state index in [1.54, 1.807) is 11.2 Å². The van der Waals surface area contributed by atoms with Crippen molar-refractivity contribution in [3.8, 4) is 0 Å². The molecule has 0 radical (unpaired) electrons. The zero-order valence-corrected chi connectivity index (χ0v) is 13.5. The van der Waals surface area contributed by atoms with Crippen molar-refractivity contribution in [2.75, 3.05) is 39.0 Å². The molecule has 20 heavy (non-hydrogen) atoms. The number of hydrogen-bond acceptors (Lipinski definition) is 2. The molecule has 2 rings (SSSR count). The number of benzene rings is 1. The maximum absolute atomic E-state index is 11.9. The van der Waals surface area contributed by atoms with Crippen LogP contribution in [0.25, 0.3) is 0 Å². The summed E-state index contributed by atoms with van der Waals surface area (Å²) in [6.07, 6.45) is 0. The second kappa shape index (κ2) is 5.84. The molecule has 1 aromatic rings. The molecule has 0 bridgehead atoms. The smallest absolute Gasteiger partial charge is 0.214 e. The minimum atomic E-state index is -3.03. The Kier molecular flexibility index (Phi) is 4.52. The van der Waals surface area contributed by atoms with E-state index < -0.39 is 10.0 Å². The highest BCUT2D eigenvalue weighted by Crippen LogP contribution is 2.18.